The van der Waals surface area contributed by atoms with Crippen molar-refractivity contribution in [1.29, 1.82) is 0 Å². The molecule has 7 heteroatoms. The van der Waals surface area contributed by atoms with Crippen LogP contribution in [-0.2, 0) is 16.0 Å². The van der Waals surface area contributed by atoms with Crippen LogP contribution in [0.5, 0.6) is 0 Å². The zero-order chi connectivity index (χ0) is 17.6. The molecule has 0 saturated carbocycles. The summed E-state index contributed by atoms with van der Waals surface area (Å²) in [5.41, 5.74) is 2.03. The van der Waals surface area contributed by atoms with Gasteiger partial charge in [-0.1, -0.05) is 13.0 Å². The number of carbonyl (C=O) groups is 1. The SMILES string of the molecule is CC1CC=Cc2occ(CC(NC(=O)C3CC4CCC3O4)B(O)O)c21. The lowest BCUT2D eigenvalue weighted by atomic mass is 9.74. The van der Waals surface area contributed by atoms with Gasteiger partial charge in [-0.25, -0.2) is 0 Å². The monoisotopic (exact) mass is 345 g/mol. The molecule has 25 heavy (non-hydrogen) atoms. The van der Waals surface area contributed by atoms with Gasteiger partial charge >= 0.3 is 7.12 Å². The molecular formula is C18H24BNO5. The predicted molar refractivity (Wildman–Crippen MR) is 92.6 cm³/mol. The molecule has 5 unspecified atom stereocenters. The maximum Gasteiger partial charge on any atom is 0.475 e. The maximum absolute atomic E-state index is 12.6. The minimum absolute atomic E-state index is 0.0201. The van der Waals surface area contributed by atoms with Crippen molar-refractivity contribution >= 4 is 19.1 Å². The van der Waals surface area contributed by atoms with Gasteiger partial charge in [-0.2, -0.15) is 0 Å². The third-order valence-electron chi connectivity index (χ3n) is 5.76. The molecule has 134 valence electrons. The number of hydrogen-bond acceptors (Lipinski definition) is 5. The van der Waals surface area contributed by atoms with Crippen LogP contribution in [0.15, 0.2) is 16.8 Å². The molecule has 3 N–H and O–H groups in total. The Bertz CT molecular complexity index is 685. The summed E-state index contributed by atoms with van der Waals surface area (Å²) in [7, 11) is -1.62. The van der Waals surface area contributed by atoms with Crippen LogP contribution in [0.4, 0.5) is 0 Å². The van der Waals surface area contributed by atoms with E-state index < -0.39 is 13.1 Å². The molecule has 1 aliphatic carbocycles. The van der Waals surface area contributed by atoms with Crippen LogP contribution < -0.4 is 5.32 Å². The molecule has 0 radical (unpaired) electrons. The van der Waals surface area contributed by atoms with Crippen LogP contribution >= 0.6 is 0 Å². The van der Waals surface area contributed by atoms with E-state index in [1.807, 2.05) is 6.08 Å². The Labute approximate surface area is 147 Å². The van der Waals surface area contributed by atoms with Crippen LogP contribution in [0.2, 0.25) is 0 Å². The van der Waals surface area contributed by atoms with Crippen molar-refractivity contribution in [2.24, 2.45) is 5.92 Å². The summed E-state index contributed by atoms with van der Waals surface area (Å²) in [6, 6.07) is 0. The van der Waals surface area contributed by atoms with Gasteiger partial charge in [0.15, 0.2) is 0 Å². The first-order valence-corrected chi connectivity index (χ1v) is 9.11. The van der Waals surface area contributed by atoms with Crippen LogP contribution in [0.1, 0.15) is 55.4 Å². The fourth-order valence-electron chi connectivity index (χ4n) is 4.43. The van der Waals surface area contributed by atoms with Gasteiger partial charge in [0.25, 0.3) is 0 Å². The molecule has 5 atom stereocenters. The van der Waals surface area contributed by atoms with Crippen molar-refractivity contribution in [3.63, 3.8) is 0 Å². The number of ether oxygens (including phenoxy) is 1. The summed E-state index contributed by atoms with van der Waals surface area (Å²) in [6.45, 7) is 2.12. The first-order chi connectivity index (χ1) is 12.0. The molecule has 3 aliphatic rings. The lowest BCUT2D eigenvalue weighted by molar-refractivity contribution is -0.126. The van der Waals surface area contributed by atoms with Crippen LogP contribution in [0.3, 0.4) is 0 Å². The van der Waals surface area contributed by atoms with E-state index >= 15 is 0 Å². The highest BCUT2D eigenvalue weighted by molar-refractivity contribution is 6.43. The van der Waals surface area contributed by atoms with Gasteiger partial charge in [-0.05, 0) is 49.7 Å². The molecule has 1 amide bonds. The average Bonchev–Trinajstić information content (AvgIpc) is 3.29. The van der Waals surface area contributed by atoms with Crippen molar-refractivity contribution in [3.05, 3.63) is 29.2 Å². The zero-order valence-electron chi connectivity index (χ0n) is 14.4. The molecule has 1 aromatic rings. The molecule has 2 saturated heterocycles. The second kappa shape index (κ2) is 6.63. The average molecular weight is 345 g/mol. The highest BCUT2D eigenvalue weighted by Gasteiger charge is 2.45. The lowest BCUT2D eigenvalue weighted by Gasteiger charge is -2.24. The number of amides is 1. The molecular weight excluding hydrogens is 321 g/mol. The minimum atomic E-state index is -1.62. The minimum Gasteiger partial charge on any atom is -0.464 e. The number of hydrogen-bond donors (Lipinski definition) is 3. The number of nitrogens with one attached hydrogen (secondary N) is 1. The molecule has 1 aromatic heterocycles. The number of rotatable bonds is 5. The highest BCUT2D eigenvalue weighted by Crippen LogP contribution is 2.39. The van der Waals surface area contributed by atoms with Crippen molar-refractivity contribution in [2.75, 3.05) is 0 Å². The number of carbonyl (C=O) groups excluding carboxylic acids is 1. The summed E-state index contributed by atoms with van der Waals surface area (Å²) < 4.78 is 11.3. The first-order valence-electron chi connectivity index (χ1n) is 9.11. The first kappa shape index (κ1) is 16.9. The van der Waals surface area contributed by atoms with Gasteiger partial charge in [0, 0.05) is 5.56 Å². The molecule has 4 rings (SSSR count). The van der Waals surface area contributed by atoms with Crippen LogP contribution in [0.25, 0.3) is 6.08 Å². The summed E-state index contributed by atoms with van der Waals surface area (Å²) in [5.74, 6) is 0.0647. The summed E-state index contributed by atoms with van der Waals surface area (Å²) in [6.07, 6.45) is 9.79. The number of furan rings is 1. The predicted octanol–water partition coefficient (Wildman–Crippen LogP) is 1.41. The Kier molecular flexibility index (Phi) is 4.48. The van der Waals surface area contributed by atoms with E-state index in [0.29, 0.717) is 12.3 Å². The van der Waals surface area contributed by atoms with Crippen molar-refractivity contribution < 1.29 is 24.0 Å². The quantitative estimate of drug-likeness (QED) is 0.702. The molecule has 2 bridgehead atoms. The Morgan fingerprint density at radius 1 is 1.44 bits per heavy atom. The second-order valence-electron chi connectivity index (χ2n) is 7.53. The standard InChI is InChI=1S/C18H24BNO5/c1-10-3-2-4-15-17(10)11(9-24-15)7-16(19(22)23)20-18(21)13-8-12-5-6-14(13)25-12/h2,4,9-10,12-14,16,22-23H,3,5-8H2,1H3,(H,20,21). The lowest BCUT2D eigenvalue weighted by Crippen LogP contribution is -2.51. The molecule has 0 aromatic carbocycles. The van der Waals surface area contributed by atoms with Crippen molar-refractivity contribution in [2.45, 2.75) is 63.1 Å². The maximum atomic E-state index is 12.6. The van der Waals surface area contributed by atoms with Gasteiger partial charge in [-0.3, -0.25) is 4.79 Å². The van der Waals surface area contributed by atoms with Crippen molar-refractivity contribution in [1.82, 2.24) is 5.32 Å². The van der Waals surface area contributed by atoms with Gasteiger partial charge in [0.2, 0.25) is 5.91 Å². The zero-order valence-corrected chi connectivity index (χ0v) is 14.4. The van der Waals surface area contributed by atoms with E-state index in [1.165, 1.54) is 0 Å². The van der Waals surface area contributed by atoms with Gasteiger partial charge in [0.1, 0.15) is 5.76 Å². The Balaban J connectivity index is 1.46. The summed E-state index contributed by atoms with van der Waals surface area (Å²) >= 11 is 0. The van der Waals surface area contributed by atoms with E-state index in [1.54, 1.807) is 6.26 Å². The van der Waals surface area contributed by atoms with E-state index in [4.69, 9.17) is 9.15 Å². The topological polar surface area (TPSA) is 91.9 Å². The van der Waals surface area contributed by atoms with E-state index in [0.717, 1.165) is 42.6 Å². The van der Waals surface area contributed by atoms with Gasteiger partial charge in [-0.15, -0.1) is 0 Å². The molecule has 6 nitrogen and oxygen atoms in total. The highest BCUT2D eigenvalue weighted by atomic mass is 16.5. The molecule has 3 heterocycles. The van der Waals surface area contributed by atoms with Crippen LogP contribution in [-0.4, -0.2) is 41.2 Å². The van der Waals surface area contributed by atoms with Crippen molar-refractivity contribution in [3.8, 4) is 0 Å². The van der Waals surface area contributed by atoms with Gasteiger partial charge in [0.05, 0.1) is 30.3 Å². The molecule has 0 spiro atoms. The normalized spacial score (nSPS) is 31.0. The molecule has 2 fully saturated rings. The Morgan fingerprint density at radius 3 is 2.96 bits per heavy atom. The van der Waals surface area contributed by atoms with E-state index in [-0.39, 0.29) is 24.0 Å². The number of allylic oxidation sites excluding steroid dienone is 1. The third kappa shape index (κ3) is 3.16. The Morgan fingerprint density at radius 2 is 2.28 bits per heavy atom. The van der Waals surface area contributed by atoms with Gasteiger partial charge < -0.3 is 24.5 Å². The molecule has 2 aliphatic heterocycles. The van der Waals surface area contributed by atoms with Crippen LogP contribution in [0, 0.1) is 5.92 Å². The Hall–Kier alpha value is -1.57. The fraction of sp³-hybridized carbons (Fsp3) is 0.611. The summed E-state index contributed by atoms with van der Waals surface area (Å²) in [5, 5.41) is 22.4. The largest absolute Gasteiger partial charge is 0.475 e. The number of fused-ring (bicyclic) bond motifs is 3. The summed E-state index contributed by atoms with van der Waals surface area (Å²) in [4.78, 5) is 12.6. The van der Waals surface area contributed by atoms with E-state index in [9.17, 15) is 14.8 Å². The fourth-order valence-corrected chi connectivity index (χ4v) is 4.43. The third-order valence-corrected chi connectivity index (χ3v) is 5.76. The second-order valence-corrected chi connectivity index (χ2v) is 7.53. The van der Waals surface area contributed by atoms with E-state index in [2.05, 4.69) is 18.3 Å². The smallest absolute Gasteiger partial charge is 0.464 e.